The number of amides is 1. The maximum atomic E-state index is 12.3. The molecule has 2 unspecified atom stereocenters. The molecule has 0 aromatic carbocycles. The van der Waals surface area contributed by atoms with Crippen LogP contribution in [0.2, 0.25) is 0 Å². The van der Waals surface area contributed by atoms with Gasteiger partial charge in [0, 0.05) is 18.1 Å². The van der Waals surface area contributed by atoms with Gasteiger partial charge in [0.15, 0.2) is 0 Å². The average Bonchev–Trinajstić information content (AvgIpc) is 2.28. The van der Waals surface area contributed by atoms with E-state index in [4.69, 9.17) is 5.73 Å². The lowest BCUT2D eigenvalue weighted by molar-refractivity contribution is -0.139. The van der Waals surface area contributed by atoms with E-state index in [9.17, 15) is 4.79 Å². The lowest BCUT2D eigenvalue weighted by Gasteiger charge is -2.45. The maximum Gasteiger partial charge on any atom is 0.239 e. The Labute approximate surface area is 111 Å². The summed E-state index contributed by atoms with van der Waals surface area (Å²) in [5.74, 6) is 0.0868. The molecule has 0 heterocycles. The van der Waals surface area contributed by atoms with Gasteiger partial charge in [-0.3, -0.25) is 4.79 Å². The van der Waals surface area contributed by atoms with Crippen molar-refractivity contribution in [2.75, 3.05) is 14.1 Å². The van der Waals surface area contributed by atoms with E-state index in [1.54, 1.807) is 6.92 Å². The summed E-state index contributed by atoms with van der Waals surface area (Å²) in [6.45, 7) is 5.95. The highest BCUT2D eigenvalue weighted by Crippen LogP contribution is 2.27. The van der Waals surface area contributed by atoms with Gasteiger partial charge in [0.1, 0.15) is 0 Å². The molecule has 1 rings (SSSR count). The van der Waals surface area contributed by atoms with E-state index in [1.807, 2.05) is 4.90 Å². The second-order valence-corrected chi connectivity index (χ2v) is 6.01. The second kappa shape index (κ2) is 6.53. The topological polar surface area (TPSA) is 49.6 Å². The SMILES string of the molecule is CC(N)C(=O)N(C(C)C)[C@H]1CCCCC1N(C)C. The van der Waals surface area contributed by atoms with Crippen LogP contribution in [0.1, 0.15) is 46.5 Å². The van der Waals surface area contributed by atoms with Gasteiger partial charge in [-0.1, -0.05) is 12.8 Å². The summed E-state index contributed by atoms with van der Waals surface area (Å²) in [6.07, 6.45) is 4.74. The number of nitrogens with two attached hydrogens (primary N) is 1. The fraction of sp³-hybridized carbons (Fsp3) is 0.929. The number of carbonyl (C=O) groups is 1. The van der Waals surface area contributed by atoms with Crippen LogP contribution in [0.4, 0.5) is 0 Å². The van der Waals surface area contributed by atoms with Crippen molar-refractivity contribution in [2.45, 2.75) is 70.6 Å². The zero-order valence-corrected chi connectivity index (χ0v) is 12.5. The van der Waals surface area contributed by atoms with Gasteiger partial charge >= 0.3 is 0 Å². The Hall–Kier alpha value is -0.610. The molecule has 0 radical (unpaired) electrons. The molecule has 1 aliphatic carbocycles. The highest BCUT2D eigenvalue weighted by atomic mass is 16.2. The maximum absolute atomic E-state index is 12.3. The van der Waals surface area contributed by atoms with Gasteiger partial charge in [0.2, 0.25) is 5.91 Å². The largest absolute Gasteiger partial charge is 0.334 e. The standard InChI is InChI=1S/C14H29N3O/c1-10(2)17(14(18)11(3)15)13-9-7-6-8-12(13)16(4)5/h10-13H,6-9,15H2,1-5H3/t11?,12?,13-/m0/s1. The highest BCUT2D eigenvalue weighted by Gasteiger charge is 2.36. The van der Waals surface area contributed by atoms with Crippen molar-refractivity contribution < 1.29 is 4.79 Å². The first-order valence-electron chi connectivity index (χ1n) is 7.10. The van der Waals surface area contributed by atoms with E-state index in [-0.39, 0.29) is 11.9 Å². The number of hydrogen-bond acceptors (Lipinski definition) is 3. The van der Waals surface area contributed by atoms with E-state index < -0.39 is 6.04 Å². The number of rotatable bonds is 4. The quantitative estimate of drug-likeness (QED) is 0.827. The average molecular weight is 255 g/mol. The van der Waals surface area contributed by atoms with Crippen LogP contribution in [-0.4, -0.2) is 54.0 Å². The van der Waals surface area contributed by atoms with Crippen molar-refractivity contribution in [3.8, 4) is 0 Å². The van der Waals surface area contributed by atoms with E-state index in [0.717, 1.165) is 6.42 Å². The van der Waals surface area contributed by atoms with Crippen molar-refractivity contribution in [1.29, 1.82) is 0 Å². The predicted octanol–water partition coefficient (Wildman–Crippen LogP) is 1.44. The number of likely N-dealkylation sites (N-methyl/N-ethyl adjacent to an activating group) is 1. The van der Waals surface area contributed by atoms with Crippen molar-refractivity contribution in [2.24, 2.45) is 5.73 Å². The molecule has 0 spiro atoms. The molecule has 4 nitrogen and oxygen atoms in total. The molecule has 1 amide bonds. The van der Waals surface area contributed by atoms with E-state index >= 15 is 0 Å². The van der Waals surface area contributed by atoms with Crippen LogP contribution in [0, 0.1) is 0 Å². The summed E-state index contributed by atoms with van der Waals surface area (Å²) >= 11 is 0. The first-order chi connectivity index (χ1) is 8.36. The number of hydrogen-bond donors (Lipinski definition) is 1. The number of carbonyl (C=O) groups excluding carboxylic acids is 1. The fourth-order valence-corrected chi connectivity index (χ4v) is 3.05. The highest BCUT2D eigenvalue weighted by molar-refractivity contribution is 5.81. The third kappa shape index (κ3) is 3.45. The molecule has 0 aromatic rings. The van der Waals surface area contributed by atoms with Gasteiger partial charge in [-0.2, -0.15) is 0 Å². The Kier molecular flexibility index (Phi) is 5.60. The Morgan fingerprint density at radius 1 is 1.11 bits per heavy atom. The zero-order valence-electron chi connectivity index (χ0n) is 12.5. The lowest BCUT2D eigenvalue weighted by atomic mass is 9.87. The van der Waals surface area contributed by atoms with Crippen molar-refractivity contribution in [1.82, 2.24) is 9.80 Å². The summed E-state index contributed by atoms with van der Waals surface area (Å²) in [5, 5.41) is 0. The molecular weight excluding hydrogens is 226 g/mol. The monoisotopic (exact) mass is 255 g/mol. The Morgan fingerprint density at radius 3 is 2.00 bits per heavy atom. The molecule has 1 fully saturated rings. The molecule has 0 aromatic heterocycles. The summed E-state index contributed by atoms with van der Waals surface area (Å²) in [4.78, 5) is 16.6. The minimum Gasteiger partial charge on any atom is -0.334 e. The molecule has 3 atom stereocenters. The van der Waals surface area contributed by atoms with Gasteiger partial charge in [-0.25, -0.2) is 0 Å². The normalized spacial score (nSPS) is 26.4. The third-order valence-corrected chi connectivity index (χ3v) is 3.91. The minimum absolute atomic E-state index is 0.0868. The molecule has 0 bridgehead atoms. The molecule has 1 saturated carbocycles. The van der Waals surface area contributed by atoms with E-state index in [1.165, 1.54) is 19.3 Å². The van der Waals surface area contributed by atoms with Crippen LogP contribution in [0.5, 0.6) is 0 Å². The summed E-state index contributed by atoms with van der Waals surface area (Å²) in [7, 11) is 4.22. The Morgan fingerprint density at radius 2 is 1.61 bits per heavy atom. The first kappa shape index (κ1) is 15.4. The molecule has 1 aliphatic rings. The first-order valence-corrected chi connectivity index (χ1v) is 7.10. The van der Waals surface area contributed by atoms with Crippen LogP contribution < -0.4 is 5.73 Å². The Bertz CT molecular complexity index is 276. The second-order valence-electron chi connectivity index (χ2n) is 6.01. The van der Waals surface area contributed by atoms with Crippen LogP contribution in [0.25, 0.3) is 0 Å². The summed E-state index contributed by atoms with van der Waals surface area (Å²) in [6, 6.07) is 0.585. The molecular formula is C14H29N3O. The van der Waals surface area contributed by atoms with Crippen LogP contribution in [-0.2, 0) is 4.79 Å². The lowest BCUT2D eigenvalue weighted by Crippen LogP contribution is -2.58. The van der Waals surface area contributed by atoms with E-state index in [0.29, 0.717) is 12.1 Å². The van der Waals surface area contributed by atoms with Crippen molar-refractivity contribution in [3.05, 3.63) is 0 Å². The molecule has 18 heavy (non-hydrogen) atoms. The van der Waals surface area contributed by atoms with Crippen molar-refractivity contribution in [3.63, 3.8) is 0 Å². The Balaban J connectivity index is 2.92. The predicted molar refractivity (Wildman–Crippen MR) is 75.4 cm³/mol. The molecule has 2 N–H and O–H groups in total. The third-order valence-electron chi connectivity index (χ3n) is 3.91. The van der Waals surface area contributed by atoms with Crippen LogP contribution in [0.15, 0.2) is 0 Å². The molecule has 4 heteroatoms. The van der Waals surface area contributed by atoms with Crippen molar-refractivity contribution >= 4 is 5.91 Å². The van der Waals surface area contributed by atoms with Crippen LogP contribution >= 0.6 is 0 Å². The number of nitrogens with zero attached hydrogens (tertiary/aromatic N) is 2. The molecule has 0 saturated heterocycles. The summed E-state index contributed by atoms with van der Waals surface area (Å²) < 4.78 is 0. The van der Waals surface area contributed by atoms with Gasteiger partial charge < -0.3 is 15.5 Å². The van der Waals surface area contributed by atoms with Crippen LogP contribution in [0.3, 0.4) is 0 Å². The van der Waals surface area contributed by atoms with E-state index in [2.05, 4.69) is 32.8 Å². The van der Waals surface area contributed by atoms with Gasteiger partial charge in [-0.15, -0.1) is 0 Å². The summed E-state index contributed by atoms with van der Waals surface area (Å²) in [5.41, 5.74) is 5.80. The van der Waals surface area contributed by atoms with Gasteiger partial charge in [0.25, 0.3) is 0 Å². The molecule has 106 valence electrons. The van der Waals surface area contributed by atoms with Gasteiger partial charge in [-0.05, 0) is 47.7 Å². The smallest absolute Gasteiger partial charge is 0.239 e. The van der Waals surface area contributed by atoms with Gasteiger partial charge in [0.05, 0.1) is 6.04 Å². The minimum atomic E-state index is -0.405. The molecule has 0 aliphatic heterocycles. The fourth-order valence-electron chi connectivity index (χ4n) is 3.05. The zero-order chi connectivity index (χ0) is 13.9.